The van der Waals surface area contributed by atoms with Crippen molar-refractivity contribution >= 4 is 17.5 Å². The minimum absolute atomic E-state index is 0.0342. The summed E-state index contributed by atoms with van der Waals surface area (Å²) in [6.45, 7) is 3.40. The van der Waals surface area contributed by atoms with Crippen LogP contribution in [0.4, 0.5) is 5.69 Å². The number of anilines is 1. The van der Waals surface area contributed by atoms with Gasteiger partial charge in [0.25, 0.3) is 5.91 Å². The lowest BCUT2D eigenvalue weighted by Crippen LogP contribution is -2.27. The van der Waals surface area contributed by atoms with Crippen LogP contribution in [0.2, 0.25) is 0 Å². The first-order valence-electron chi connectivity index (χ1n) is 7.77. The zero-order chi connectivity index (χ0) is 16.2. The molecule has 2 aromatic rings. The number of aromatic nitrogens is 3. The number of carbonyl (C=O) groups is 2. The summed E-state index contributed by atoms with van der Waals surface area (Å²) in [5.41, 5.74) is 1.08. The summed E-state index contributed by atoms with van der Waals surface area (Å²) in [5.74, 6) is 0.557. The summed E-state index contributed by atoms with van der Waals surface area (Å²) in [6, 6.07) is 3.55. The second-order valence-corrected chi connectivity index (χ2v) is 5.47. The molecule has 0 unspecified atom stereocenters. The molecule has 0 spiro atoms. The maximum Gasteiger partial charge on any atom is 0.274 e. The summed E-state index contributed by atoms with van der Waals surface area (Å²) in [6.07, 6.45) is 7.39. The normalized spacial score (nSPS) is 14.0. The Bertz CT molecular complexity index is 702. The number of hydrogen-bond donors (Lipinski definition) is 1. The number of nitrogens with one attached hydrogen (secondary N) is 1. The standard InChI is InChI=1S/C16H19N5O2/c1-2-15(22)19-12-5-6-14(17-9-12)21-10-13(18-11-21)16(23)20-7-3-4-8-20/h5-6,9-11H,2-4,7-8H2,1H3,(H,19,22). The molecule has 0 bridgehead atoms. The van der Waals surface area contributed by atoms with E-state index in [1.807, 2.05) is 4.90 Å². The van der Waals surface area contributed by atoms with E-state index in [-0.39, 0.29) is 11.8 Å². The highest BCUT2D eigenvalue weighted by Gasteiger charge is 2.21. The van der Waals surface area contributed by atoms with E-state index in [1.165, 1.54) is 0 Å². The van der Waals surface area contributed by atoms with Crippen molar-refractivity contribution in [3.05, 3.63) is 36.5 Å². The van der Waals surface area contributed by atoms with Crippen LogP contribution in [0.25, 0.3) is 5.82 Å². The van der Waals surface area contributed by atoms with Crippen LogP contribution in [0.5, 0.6) is 0 Å². The van der Waals surface area contributed by atoms with Gasteiger partial charge in [-0.2, -0.15) is 0 Å². The number of pyridine rings is 1. The maximum absolute atomic E-state index is 12.3. The van der Waals surface area contributed by atoms with Crippen LogP contribution in [0, 0.1) is 0 Å². The van der Waals surface area contributed by atoms with Gasteiger partial charge in [0.2, 0.25) is 5.91 Å². The first kappa shape index (κ1) is 15.2. The highest BCUT2D eigenvalue weighted by atomic mass is 16.2. The lowest BCUT2D eigenvalue weighted by atomic mass is 10.3. The fraction of sp³-hybridized carbons (Fsp3) is 0.375. The molecular formula is C16H19N5O2. The number of likely N-dealkylation sites (tertiary alicyclic amines) is 1. The van der Waals surface area contributed by atoms with Crippen LogP contribution in [0.15, 0.2) is 30.9 Å². The van der Waals surface area contributed by atoms with Crippen LogP contribution in [-0.4, -0.2) is 44.3 Å². The molecule has 0 atom stereocenters. The van der Waals surface area contributed by atoms with E-state index in [2.05, 4.69) is 15.3 Å². The van der Waals surface area contributed by atoms with Crippen molar-refractivity contribution < 1.29 is 9.59 Å². The Kier molecular flexibility index (Phi) is 4.36. The Balaban J connectivity index is 1.72. The first-order valence-corrected chi connectivity index (χ1v) is 7.77. The minimum atomic E-state index is -0.0549. The van der Waals surface area contributed by atoms with Crippen LogP contribution in [-0.2, 0) is 4.79 Å². The smallest absolute Gasteiger partial charge is 0.274 e. The van der Waals surface area contributed by atoms with E-state index in [0.717, 1.165) is 25.9 Å². The predicted molar refractivity (Wildman–Crippen MR) is 85.4 cm³/mol. The Morgan fingerprint density at radius 2 is 2.00 bits per heavy atom. The number of nitrogens with zero attached hydrogens (tertiary/aromatic N) is 4. The van der Waals surface area contributed by atoms with E-state index < -0.39 is 0 Å². The number of hydrogen-bond acceptors (Lipinski definition) is 4. The van der Waals surface area contributed by atoms with Gasteiger partial charge in [-0.1, -0.05) is 6.92 Å². The fourth-order valence-electron chi connectivity index (χ4n) is 2.50. The molecule has 0 aromatic carbocycles. The van der Waals surface area contributed by atoms with Crippen LogP contribution >= 0.6 is 0 Å². The van der Waals surface area contributed by atoms with Gasteiger partial charge in [-0.05, 0) is 25.0 Å². The van der Waals surface area contributed by atoms with E-state index in [9.17, 15) is 9.59 Å². The van der Waals surface area contributed by atoms with Crippen molar-refractivity contribution in [2.75, 3.05) is 18.4 Å². The van der Waals surface area contributed by atoms with Gasteiger partial charge in [0, 0.05) is 25.7 Å². The van der Waals surface area contributed by atoms with E-state index in [4.69, 9.17) is 0 Å². The molecule has 1 aliphatic heterocycles. The van der Waals surface area contributed by atoms with Crippen LogP contribution in [0.1, 0.15) is 36.7 Å². The molecule has 2 amide bonds. The lowest BCUT2D eigenvalue weighted by molar-refractivity contribution is -0.115. The quantitative estimate of drug-likeness (QED) is 0.934. The molecule has 1 fully saturated rings. The Hall–Kier alpha value is -2.70. The SMILES string of the molecule is CCC(=O)Nc1ccc(-n2cnc(C(=O)N3CCCC3)c2)nc1. The van der Waals surface area contributed by atoms with E-state index in [0.29, 0.717) is 23.6 Å². The minimum Gasteiger partial charge on any atom is -0.337 e. The zero-order valence-electron chi connectivity index (χ0n) is 13.0. The van der Waals surface area contributed by atoms with Gasteiger partial charge in [-0.25, -0.2) is 9.97 Å². The van der Waals surface area contributed by atoms with Gasteiger partial charge in [0.15, 0.2) is 0 Å². The van der Waals surface area contributed by atoms with Crippen molar-refractivity contribution in [3.8, 4) is 5.82 Å². The van der Waals surface area contributed by atoms with Crippen LogP contribution in [0.3, 0.4) is 0 Å². The second kappa shape index (κ2) is 6.60. The van der Waals surface area contributed by atoms with Gasteiger partial charge in [0.05, 0.1) is 11.9 Å². The molecule has 7 nitrogen and oxygen atoms in total. The first-order chi connectivity index (χ1) is 11.2. The predicted octanol–water partition coefficient (Wildman–Crippen LogP) is 1.85. The summed E-state index contributed by atoms with van der Waals surface area (Å²) in [7, 11) is 0. The second-order valence-electron chi connectivity index (χ2n) is 5.47. The summed E-state index contributed by atoms with van der Waals surface area (Å²) < 4.78 is 1.70. The number of carbonyl (C=O) groups excluding carboxylic acids is 2. The molecule has 3 rings (SSSR count). The molecule has 1 saturated heterocycles. The third-order valence-electron chi connectivity index (χ3n) is 3.81. The van der Waals surface area contributed by atoms with Crippen LogP contribution < -0.4 is 5.32 Å². The highest BCUT2D eigenvalue weighted by Crippen LogP contribution is 2.14. The monoisotopic (exact) mass is 313 g/mol. The molecule has 0 aliphatic carbocycles. The molecule has 0 saturated carbocycles. The Morgan fingerprint density at radius 1 is 1.22 bits per heavy atom. The third kappa shape index (κ3) is 3.39. The van der Waals surface area contributed by atoms with Crippen molar-refractivity contribution in [1.82, 2.24) is 19.4 Å². The summed E-state index contributed by atoms with van der Waals surface area (Å²) in [4.78, 5) is 33.9. The largest absolute Gasteiger partial charge is 0.337 e. The van der Waals surface area contributed by atoms with Gasteiger partial charge < -0.3 is 10.2 Å². The lowest BCUT2D eigenvalue weighted by Gasteiger charge is -2.12. The van der Waals surface area contributed by atoms with Crippen molar-refractivity contribution in [2.24, 2.45) is 0 Å². The number of amides is 2. The summed E-state index contributed by atoms with van der Waals surface area (Å²) >= 11 is 0. The molecule has 120 valence electrons. The van der Waals surface area contributed by atoms with Crippen molar-refractivity contribution in [3.63, 3.8) is 0 Å². The molecule has 23 heavy (non-hydrogen) atoms. The Labute approximate surface area is 134 Å². The average molecular weight is 313 g/mol. The molecule has 1 aliphatic rings. The topological polar surface area (TPSA) is 80.1 Å². The Morgan fingerprint density at radius 3 is 2.65 bits per heavy atom. The van der Waals surface area contributed by atoms with Crippen molar-refractivity contribution in [2.45, 2.75) is 26.2 Å². The molecule has 7 heteroatoms. The van der Waals surface area contributed by atoms with Gasteiger partial charge in [-0.3, -0.25) is 14.2 Å². The van der Waals surface area contributed by atoms with E-state index >= 15 is 0 Å². The fourth-order valence-corrected chi connectivity index (χ4v) is 2.50. The molecule has 2 aromatic heterocycles. The molecular weight excluding hydrogens is 294 g/mol. The van der Waals surface area contributed by atoms with Gasteiger partial charge in [0.1, 0.15) is 17.8 Å². The third-order valence-corrected chi connectivity index (χ3v) is 3.81. The van der Waals surface area contributed by atoms with E-state index in [1.54, 1.807) is 42.3 Å². The number of imidazole rings is 1. The molecule has 3 heterocycles. The molecule has 0 radical (unpaired) electrons. The summed E-state index contributed by atoms with van der Waals surface area (Å²) in [5, 5.41) is 2.74. The van der Waals surface area contributed by atoms with Crippen molar-refractivity contribution in [1.29, 1.82) is 0 Å². The molecule has 1 N–H and O–H groups in total. The van der Waals surface area contributed by atoms with Gasteiger partial charge >= 0.3 is 0 Å². The average Bonchev–Trinajstić information content (AvgIpc) is 3.26. The zero-order valence-corrected chi connectivity index (χ0v) is 13.0. The van der Waals surface area contributed by atoms with Gasteiger partial charge in [-0.15, -0.1) is 0 Å². The number of rotatable bonds is 4. The maximum atomic E-state index is 12.3. The highest BCUT2D eigenvalue weighted by molar-refractivity contribution is 5.92.